The SMILES string of the molecule is CNC(CS)C(N)=O. The first-order chi connectivity index (χ1) is 3.72. The lowest BCUT2D eigenvalue weighted by atomic mass is 10.3. The lowest BCUT2D eigenvalue weighted by Gasteiger charge is -2.05. The summed E-state index contributed by atoms with van der Waals surface area (Å²) in [6.45, 7) is 0. The van der Waals surface area contributed by atoms with Crippen molar-refractivity contribution in [3.8, 4) is 0 Å². The third-order valence-electron chi connectivity index (χ3n) is 0.874. The number of amides is 1. The summed E-state index contributed by atoms with van der Waals surface area (Å²) in [6, 6.07) is -0.293. The predicted molar refractivity (Wildman–Crippen MR) is 35.9 cm³/mol. The van der Waals surface area contributed by atoms with Crippen LogP contribution in [0, 0.1) is 0 Å². The van der Waals surface area contributed by atoms with E-state index in [1.807, 2.05) is 0 Å². The van der Waals surface area contributed by atoms with E-state index in [0.717, 1.165) is 0 Å². The molecular weight excluding hydrogens is 124 g/mol. The molecule has 0 saturated carbocycles. The molecule has 0 heterocycles. The van der Waals surface area contributed by atoms with Gasteiger partial charge < -0.3 is 11.1 Å². The Morgan fingerprint density at radius 1 is 2.00 bits per heavy atom. The Balaban J connectivity index is 3.52. The molecule has 0 spiro atoms. The second-order valence-electron chi connectivity index (χ2n) is 1.43. The Morgan fingerprint density at radius 2 is 2.50 bits per heavy atom. The maximum absolute atomic E-state index is 10.3. The maximum Gasteiger partial charge on any atom is 0.235 e. The second kappa shape index (κ2) is 3.74. The Hall–Kier alpha value is -0.220. The number of primary amides is 1. The van der Waals surface area contributed by atoms with Crippen LogP contribution in [-0.4, -0.2) is 24.7 Å². The van der Waals surface area contributed by atoms with Crippen LogP contribution in [0.3, 0.4) is 0 Å². The van der Waals surface area contributed by atoms with Crippen LogP contribution in [0.15, 0.2) is 0 Å². The molecule has 0 rings (SSSR count). The van der Waals surface area contributed by atoms with Gasteiger partial charge >= 0.3 is 0 Å². The summed E-state index contributed by atoms with van der Waals surface area (Å²) in [4.78, 5) is 10.3. The van der Waals surface area contributed by atoms with Crippen molar-refractivity contribution in [1.29, 1.82) is 0 Å². The average molecular weight is 134 g/mol. The van der Waals surface area contributed by atoms with Crippen molar-refractivity contribution < 1.29 is 4.79 Å². The zero-order valence-corrected chi connectivity index (χ0v) is 5.61. The van der Waals surface area contributed by atoms with Crippen LogP contribution in [0.25, 0.3) is 0 Å². The Bertz CT molecular complexity index is 82.1. The number of likely N-dealkylation sites (N-methyl/N-ethyl adjacent to an activating group) is 1. The molecule has 1 unspecified atom stereocenters. The third kappa shape index (κ3) is 2.18. The molecule has 0 aliphatic rings. The van der Waals surface area contributed by atoms with Gasteiger partial charge in [-0.2, -0.15) is 12.6 Å². The summed E-state index contributed by atoms with van der Waals surface area (Å²) in [5.74, 6) is 0.0914. The third-order valence-corrected chi connectivity index (χ3v) is 1.24. The predicted octanol–water partition coefficient (Wildman–Crippen LogP) is -1.01. The Morgan fingerprint density at radius 3 is 2.50 bits per heavy atom. The van der Waals surface area contributed by atoms with Gasteiger partial charge in [0.15, 0.2) is 0 Å². The van der Waals surface area contributed by atoms with E-state index in [9.17, 15) is 4.79 Å². The number of nitrogens with one attached hydrogen (secondary N) is 1. The fourth-order valence-electron chi connectivity index (χ4n) is 0.324. The minimum Gasteiger partial charge on any atom is -0.368 e. The quantitative estimate of drug-likeness (QED) is 0.433. The van der Waals surface area contributed by atoms with Crippen molar-refractivity contribution in [2.45, 2.75) is 6.04 Å². The van der Waals surface area contributed by atoms with Crippen molar-refractivity contribution in [1.82, 2.24) is 5.32 Å². The molecule has 0 bridgehead atoms. The van der Waals surface area contributed by atoms with E-state index >= 15 is 0 Å². The molecule has 0 aliphatic carbocycles. The molecule has 0 fully saturated rings. The Labute approximate surface area is 54.0 Å². The van der Waals surface area contributed by atoms with Crippen molar-refractivity contribution in [3.63, 3.8) is 0 Å². The van der Waals surface area contributed by atoms with Crippen LogP contribution in [-0.2, 0) is 4.79 Å². The molecule has 1 atom stereocenters. The lowest BCUT2D eigenvalue weighted by Crippen LogP contribution is -2.40. The topological polar surface area (TPSA) is 55.1 Å². The fraction of sp³-hybridized carbons (Fsp3) is 0.750. The standard InChI is InChI=1S/C4H10N2OS/c1-6-3(2-8)4(5)7/h3,6,8H,2H2,1H3,(H2,5,7). The van der Waals surface area contributed by atoms with Gasteiger partial charge in [-0.3, -0.25) is 4.79 Å². The van der Waals surface area contributed by atoms with Gasteiger partial charge in [0.05, 0.1) is 6.04 Å². The minimum absolute atomic E-state index is 0.293. The lowest BCUT2D eigenvalue weighted by molar-refractivity contribution is -0.119. The summed E-state index contributed by atoms with van der Waals surface area (Å²) < 4.78 is 0. The first kappa shape index (κ1) is 7.78. The summed E-state index contributed by atoms with van der Waals surface area (Å²) in [5, 5.41) is 2.70. The summed E-state index contributed by atoms with van der Waals surface area (Å²) in [7, 11) is 1.67. The van der Waals surface area contributed by atoms with E-state index < -0.39 is 0 Å². The van der Waals surface area contributed by atoms with E-state index in [0.29, 0.717) is 5.75 Å². The van der Waals surface area contributed by atoms with Gasteiger partial charge in [-0.25, -0.2) is 0 Å². The van der Waals surface area contributed by atoms with Gasteiger partial charge in [0.2, 0.25) is 5.91 Å². The number of hydrogen-bond donors (Lipinski definition) is 3. The first-order valence-electron chi connectivity index (χ1n) is 2.29. The van der Waals surface area contributed by atoms with Gasteiger partial charge in [-0.1, -0.05) is 0 Å². The molecule has 1 amide bonds. The fourth-order valence-corrected chi connectivity index (χ4v) is 0.686. The number of hydrogen-bond acceptors (Lipinski definition) is 3. The molecule has 0 aliphatic heterocycles. The number of carbonyl (C=O) groups excluding carboxylic acids is 1. The zero-order chi connectivity index (χ0) is 6.57. The molecule has 48 valence electrons. The second-order valence-corrected chi connectivity index (χ2v) is 1.79. The first-order valence-corrected chi connectivity index (χ1v) is 2.93. The van der Waals surface area contributed by atoms with Gasteiger partial charge in [0.25, 0.3) is 0 Å². The molecule has 3 N–H and O–H groups in total. The van der Waals surface area contributed by atoms with Gasteiger partial charge in [0, 0.05) is 5.75 Å². The van der Waals surface area contributed by atoms with Gasteiger partial charge in [0.1, 0.15) is 0 Å². The van der Waals surface area contributed by atoms with E-state index in [1.54, 1.807) is 7.05 Å². The number of nitrogens with two attached hydrogens (primary N) is 1. The number of rotatable bonds is 3. The van der Waals surface area contributed by atoms with Crippen LogP contribution in [0.2, 0.25) is 0 Å². The normalized spacial score (nSPS) is 13.2. The summed E-state index contributed by atoms with van der Waals surface area (Å²) in [6.07, 6.45) is 0. The largest absolute Gasteiger partial charge is 0.368 e. The van der Waals surface area contributed by atoms with Crippen molar-refractivity contribution in [3.05, 3.63) is 0 Å². The monoisotopic (exact) mass is 134 g/mol. The molecule has 0 saturated heterocycles. The number of carbonyl (C=O) groups is 1. The number of thiol groups is 1. The molecule has 0 radical (unpaired) electrons. The molecule has 0 aromatic rings. The van der Waals surface area contributed by atoms with E-state index in [-0.39, 0.29) is 11.9 Å². The highest BCUT2D eigenvalue weighted by molar-refractivity contribution is 7.80. The molecule has 4 heteroatoms. The van der Waals surface area contributed by atoms with E-state index in [2.05, 4.69) is 17.9 Å². The van der Waals surface area contributed by atoms with Crippen molar-refractivity contribution >= 4 is 18.5 Å². The van der Waals surface area contributed by atoms with Gasteiger partial charge in [-0.05, 0) is 7.05 Å². The zero-order valence-electron chi connectivity index (χ0n) is 4.72. The van der Waals surface area contributed by atoms with Crippen molar-refractivity contribution in [2.24, 2.45) is 5.73 Å². The molecule has 0 aromatic heterocycles. The average Bonchev–Trinajstić information content (AvgIpc) is 1.69. The van der Waals surface area contributed by atoms with Crippen LogP contribution >= 0.6 is 12.6 Å². The molecule has 3 nitrogen and oxygen atoms in total. The van der Waals surface area contributed by atoms with Crippen LogP contribution < -0.4 is 11.1 Å². The smallest absolute Gasteiger partial charge is 0.235 e. The highest BCUT2D eigenvalue weighted by Crippen LogP contribution is 1.82. The highest BCUT2D eigenvalue weighted by atomic mass is 32.1. The molecular formula is C4H10N2OS. The highest BCUT2D eigenvalue weighted by Gasteiger charge is 2.07. The maximum atomic E-state index is 10.3. The Kier molecular flexibility index (Phi) is 3.64. The molecule has 8 heavy (non-hydrogen) atoms. The molecule has 0 aromatic carbocycles. The van der Waals surface area contributed by atoms with Crippen LogP contribution in [0.1, 0.15) is 0 Å². The van der Waals surface area contributed by atoms with Crippen molar-refractivity contribution in [2.75, 3.05) is 12.8 Å². The van der Waals surface area contributed by atoms with E-state index in [4.69, 9.17) is 5.73 Å². The van der Waals surface area contributed by atoms with Crippen LogP contribution in [0.5, 0.6) is 0 Å². The summed E-state index contributed by atoms with van der Waals surface area (Å²) in [5.41, 5.74) is 4.91. The summed E-state index contributed by atoms with van der Waals surface area (Å²) >= 11 is 3.87. The minimum atomic E-state index is -0.359. The van der Waals surface area contributed by atoms with E-state index in [1.165, 1.54) is 0 Å². The van der Waals surface area contributed by atoms with Gasteiger partial charge in [-0.15, -0.1) is 0 Å². The van der Waals surface area contributed by atoms with Crippen LogP contribution in [0.4, 0.5) is 0 Å².